The van der Waals surface area contributed by atoms with Crippen molar-refractivity contribution >= 4 is 27.9 Å². The lowest BCUT2D eigenvalue weighted by Crippen LogP contribution is -2.22. The lowest BCUT2D eigenvalue weighted by Gasteiger charge is -2.08. The molecule has 0 aliphatic carbocycles. The smallest absolute Gasteiger partial charge is 0.427 e. The molecule has 1 aromatic carbocycles. The third-order valence-electron chi connectivity index (χ3n) is 2.10. The number of ether oxygens (including phenoxy) is 2. The van der Waals surface area contributed by atoms with Gasteiger partial charge in [-0.15, -0.1) is 5.10 Å². The summed E-state index contributed by atoms with van der Waals surface area (Å²) < 4.78 is 11.1. The summed E-state index contributed by atoms with van der Waals surface area (Å²) >= 11 is 3.40. The number of amides is 1. The van der Waals surface area contributed by atoms with E-state index in [2.05, 4.69) is 26.5 Å². The highest BCUT2D eigenvalue weighted by molar-refractivity contribution is 9.10. The van der Waals surface area contributed by atoms with Crippen LogP contribution in [0.25, 0.3) is 0 Å². The van der Waals surface area contributed by atoms with E-state index in [0.29, 0.717) is 25.5 Å². The zero-order chi connectivity index (χ0) is 14.1. The van der Waals surface area contributed by atoms with Crippen molar-refractivity contribution in [3.8, 4) is 0 Å². The van der Waals surface area contributed by atoms with E-state index in [0.717, 1.165) is 10.0 Å². The molecule has 0 aliphatic rings. The Balaban J connectivity index is 2.66. The summed E-state index contributed by atoms with van der Waals surface area (Å²) in [4.78, 5) is 11.2. The van der Waals surface area contributed by atoms with Crippen molar-refractivity contribution in [2.24, 2.45) is 5.10 Å². The first-order valence-electron chi connectivity index (χ1n) is 6.02. The van der Waals surface area contributed by atoms with Crippen LogP contribution in [0, 0.1) is 0 Å². The number of carbonyl (C=O) groups excluding carboxylic acids is 1. The molecule has 0 aliphatic heterocycles. The van der Waals surface area contributed by atoms with E-state index in [1.807, 2.05) is 31.2 Å². The van der Waals surface area contributed by atoms with Crippen molar-refractivity contribution in [3.05, 3.63) is 34.3 Å². The van der Waals surface area contributed by atoms with Gasteiger partial charge >= 0.3 is 6.09 Å². The topological polar surface area (TPSA) is 59.9 Å². The number of halogens is 1. The van der Waals surface area contributed by atoms with E-state index >= 15 is 0 Å². The van der Waals surface area contributed by atoms with Crippen molar-refractivity contribution < 1.29 is 14.3 Å². The lowest BCUT2D eigenvalue weighted by atomic mass is 10.1. The zero-order valence-corrected chi connectivity index (χ0v) is 12.6. The van der Waals surface area contributed by atoms with E-state index < -0.39 is 6.09 Å². The Labute approximate surface area is 121 Å². The Morgan fingerprint density at radius 2 is 2.05 bits per heavy atom. The van der Waals surface area contributed by atoms with E-state index in [1.54, 1.807) is 6.92 Å². The first kappa shape index (κ1) is 15.5. The van der Waals surface area contributed by atoms with Crippen molar-refractivity contribution in [2.45, 2.75) is 20.3 Å². The molecule has 1 aromatic rings. The van der Waals surface area contributed by atoms with Crippen LogP contribution in [0.3, 0.4) is 0 Å². The summed E-state index contributed by atoms with van der Waals surface area (Å²) in [6, 6.07) is 7.81. The first-order valence-corrected chi connectivity index (χ1v) is 6.81. The third kappa shape index (κ3) is 6.24. The van der Waals surface area contributed by atoms with Crippen molar-refractivity contribution in [3.63, 3.8) is 0 Å². The second-order valence-corrected chi connectivity index (χ2v) is 4.49. The SMILES string of the molecule is CCOC(=O)NN=C(Cc1cccc(Br)c1)OCC. The third-order valence-corrected chi connectivity index (χ3v) is 2.60. The van der Waals surface area contributed by atoms with Gasteiger partial charge < -0.3 is 9.47 Å². The van der Waals surface area contributed by atoms with Gasteiger partial charge in [0.15, 0.2) is 0 Å². The molecule has 0 spiro atoms. The van der Waals surface area contributed by atoms with Gasteiger partial charge in [0.05, 0.1) is 19.6 Å². The van der Waals surface area contributed by atoms with Crippen LogP contribution in [-0.4, -0.2) is 25.2 Å². The summed E-state index contributed by atoms with van der Waals surface area (Å²) in [5.74, 6) is 0.439. The quantitative estimate of drug-likeness (QED) is 0.513. The minimum absolute atomic E-state index is 0.303. The highest BCUT2D eigenvalue weighted by Crippen LogP contribution is 2.12. The molecule has 1 N–H and O–H groups in total. The van der Waals surface area contributed by atoms with Gasteiger partial charge in [0.2, 0.25) is 5.90 Å². The molecule has 0 unspecified atom stereocenters. The molecule has 0 bridgehead atoms. The van der Waals surface area contributed by atoms with Gasteiger partial charge in [0.25, 0.3) is 0 Å². The van der Waals surface area contributed by atoms with Crippen molar-refractivity contribution in [2.75, 3.05) is 13.2 Å². The average Bonchev–Trinajstić information content (AvgIpc) is 2.37. The molecule has 0 aromatic heterocycles. The number of nitrogens with zero attached hydrogens (tertiary/aromatic N) is 1. The van der Waals surface area contributed by atoms with E-state index in [4.69, 9.17) is 9.47 Å². The maximum Gasteiger partial charge on any atom is 0.427 e. The largest absolute Gasteiger partial charge is 0.480 e. The second-order valence-electron chi connectivity index (χ2n) is 3.58. The van der Waals surface area contributed by atoms with Crippen LogP contribution in [0.4, 0.5) is 4.79 Å². The van der Waals surface area contributed by atoms with Crippen LogP contribution in [0.15, 0.2) is 33.8 Å². The standard InChI is InChI=1S/C13H17BrN2O3/c1-3-18-12(15-16-13(17)19-4-2)9-10-6-5-7-11(14)8-10/h5-8H,3-4,9H2,1-2H3,(H,16,17). The minimum Gasteiger partial charge on any atom is -0.480 e. The Morgan fingerprint density at radius 3 is 2.68 bits per heavy atom. The first-order chi connectivity index (χ1) is 9.15. The molecule has 0 saturated carbocycles. The monoisotopic (exact) mass is 328 g/mol. The summed E-state index contributed by atoms with van der Waals surface area (Å²) in [6.07, 6.45) is -0.0893. The normalized spacial score (nSPS) is 11.0. The molecule has 0 atom stereocenters. The van der Waals surface area contributed by atoms with Crippen LogP contribution in [0.5, 0.6) is 0 Å². The van der Waals surface area contributed by atoms with Gasteiger partial charge in [0, 0.05) is 4.47 Å². The Hall–Kier alpha value is -1.56. The highest BCUT2D eigenvalue weighted by Gasteiger charge is 2.05. The minimum atomic E-state index is -0.589. The number of nitrogens with one attached hydrogen (secondary N) is 1. The number of hydrazone groups is 1. The summed E-state index contributed by atoms with van der Waals surface area (Å²) in [5.41, 5.74) is 3.33. The summed E-state index contributed by atoms with van der Waals surface area (Å²) in [5, 5.41) is 3.91. The number of carbonyl (C=O) groups is 1. The molecule has 1 rings (SSSR count). The number of hydrogen-bond donors (Lipinski definition) is 1. The number of hydrogen-bond acceptors (Lipinski definition) is 4. The van der Waals surface area contributed by atoms with Gasteiger partial charge in [-0.25, -0.2) is 10.2 Å². The number of rotatable bonds is 5. The molecule has 19 heavy (non-hydrogen) atoms. The van der Waals surface area contributed by atoms with Gasteiger partial charge in [-0.1, -0.05) is 28.1 Å². The maximum absolute atomic E-state index is 11.2. The average molecular weight is 329 g/mol. The van der Waals surface area contributed by atoms with E-state index in [9.17, 15) is 4.79 Å². The molecule has 0 radical (unpaired) electrons. The fraction of sp³-hybridized carbons (Fsp3) is 0.385. The molecule has 0 heterocycles. The molecule has 5 nitrogen and oxygen atoms in total. The van der Waals surface area contributed by atoms with Gasteiger partial charge in [-0.2, -0.15) is 0 Å². The van der Waals surface area contributed by atoms with Crippen molar-refractivity contribution in [1.29, 1.82) is 0 Å². The van der Waals surface area contributed by atoms with Crippen LogP contribution >= 0.6 is 15.9 Å². The van der Waals surface area contributed by atoms with Gasteiger partial charge in [0.1, 0.15) is 0 Å². The number of benzene rings is 1. The lowest BCUT2D eigenvalue weighted by molar-refractivity contribution is 0.152. The highest BCUT2D eigenvalue weighted by atomic mass is 79.9. The molecular weight excluding hydrogens is 312 g/mol. The van der Waals surface area contributed by atoms with Crippen LogP contribution < -0.4 is 5.43 Å². The predicted molar refractivity (Wildman–Crippen MR) is 77.1 cm³/mol. The van der Waals surface area contributed by atoms with E-state index in [-0.39, 0.29) is 0 Å². The van der Waals surface area contributed by atoms with E-state index in [1.165, 1.54) is 0 Å². The molecule has 6 heteroatoms. The maximum atomic E-state index is 11.2. The molecule has 0 fully saturated rings. The molecular formula is C13H17BrN2O3. The molecule has 0 saturated heterocycles. The van der Waals surface area contributed by atoms with Crippen LogP contribution in [0.2, 0.25) is 0 Å². The Bertz CT molecular complexity index is 449. The van der Waals surface area contributed by atoms with Gasteiger partial charge in [-0.05, 0) is 31.5 Å². The summed E-state index contributed by atoms with van der Waals surface area (Å²) in [6.45, 7) is 4.38. The molecule has 104 valence electrons. The fourth-order valence-electron chi connectivity index (χ4n) is 1.38. The Morgan fingerprint density at radius 1 is 1.32 bits per heavy atom. The molecule has 1 amide bonds. The van der Waals surface area contributed by atoms with Crippen molar-refractivity contribution in [1.82, 2.24) is 5.43 Å². The van der Waals surface area contributed by atoms with Crippen LogP contribution in [-0.2, 0) is 15.9 Å². The fourth-order valence-corrected chi connectivity index (χ4v) is 1.83. The van der Waals surface area contributed by atoms with Gasteiger partial charge in [-0.3, -0.25) is 0 Å². The van der Waals surface area contributed by atoms with Crippen LogP contribution in [0.1, 0.15) is 19.4 Å². The summed E-state index contributed by atoms with van der Waals surface area (Å²) in [7, 11) is 0. The predicted octanol–water partition coefficient (Wildman–Crippen LogP) is 3.09. The second kappa shape index (κ2) is 8.53. The Kier molecular flexibility index (Phi) is 6.95. The zero-order valence-electron chi connectivity index (χ0n) is 11.0.